The summed E-state index contributed by atoms with van der Waals surface area (Å²) in [6, 6.07) is 3.11. The third-order valence-electron chi connectivity index (χ3n) is 4.17. The normalized spacial score (nSPS) is 15.9. The molecular weight excluding hydrogens is 302 g/mol. The lowest BCUT2D eigenvalue weighted by atomic mass is 9.90. The molecule has 0 radical (unpaired) electrons. The number of nitrogens with one attached hydrogen (secondary N) is 1. The second-order valence-electron chi connectivity index (χ2n) is 6.41. The zero-order valence-corrected chi connectivity index (χ0v) is 13.5. The van der Waals surface area contributed by atoms with Gasteiger partial charge < -0.3 is 10.2 Å². The van der Waals surface area contributed by atoms with E-state index in [4.69, 9.17) is 0 Å². The van der Waals surface area contributed by atoms with Gasteiger partial charge in [0.2, 0.25) is 11.8 Å². The molecule has 0 saturated carbocycles. The SMILES string of the molecule is CC(C)(C(=O)Nc1ccc(F)c(F)c1)C(=O)N1CCCCCC1. The Morgan fingerprint density at radius 2 is 1.65 bits per heavy atom. The third kappa shape index (κ3) is 4.06. The first kappa shape index (κ1) is 17.4. The number of carbonyl (C=O) groups excluding carboxylic acids is 2. The van der Waals surface area contributed by atoms with Gasteiger partial charge >= 0.3 is 0 Å². The molecule has 1 aliphatic rings. The maximum atomic E-state index is 13.2. The van der Waals surface area contributed by atoms with Gasteiger partial charge in [0.25, 0.3) is 0 Å². The fourth-order valence-corrected chi connectivity index (χ4v) is 2.63. The molecule has 0 unspecified atom stereocenters. The molecule has 1 heterocycles. The van der Waals surface area contributed by atoms with Gasteiger partial charge in [-0.3, -0.25) is 9.59 Å². The van der Waals surface area contributed by atoms with Crippen molar-refractivity contribution in [1.29, 1.82) is 0 Å². The number of carbonyl (C=O) groups is 2. The fraction of sp³-hybridized carbons (Fsp3) is 0.529. The molecule has 126 valence electrons. The smallest absolute Gasteiger partial charge is 0.239 e. The lowest BCUT2D eigenvalue weighted by Crippen LogP contribution is -2.47. The van der Waals surface area contributed by atoms with Gasteiger partial charge in [-0.25, -0.2) is 8.78 Å². The van der Waals surface area contributed by atoms with Gasteiger partial charge in [0.05, 0.1) is 0 Å². The van der Waals surface area contributed by atoms with Crippen LogP contribution in [0.15, 0.2) is 18.2 Å². The highest BCUT2D eigenvalue weighted by Gasteiger charge is 2.39. The Balaban J connectivity index is 2.08. The van der Waals surface area contributed by atoms with Gasteiger partial charge in [0, 0.05) is 24.8 Å². The first-order valence-electron chi connectivity index (χ1n) is 7.88. The Hall–Kier alpha value is -1.98. The Labute approximate surface area is 134 Å². The second-order valence-corrected chi connectivity index (χ2v) is 6.41. The lowest BCUT2D eigenvalue weighted by Gasteiger charge is -2.30. The lowest BCUT2D eigenvalue weighted by molar-refractivity contribution is -0.146. The number of hydrogen-bond donors (Lipinski definition) is 1. The zero-order chi connectivity index (χ0) is 17.0. The van der Waals surface area contributed by atoms with E-state index in [-0.39, 0.29) is 11.6 Å². The minimum absolute atomic E-state index is 0.130. The van der Waals surface area contributed by atoms with Gasteiger partial charge in [0.1, 0.15) is 5.41 Å². The van der Waals surface area contributed by atoms with E-state index < -0.39 is 23.0 Å². The van der Waals surface area contributed by atoms with Crippen LogP contribution in [-0.2, 0) is 9.59 Å². The van der Waals surface area contributed by atoms with Gasteiger partial charge in [-0.05, 0) is 38.8 Å². The molecule has 23 heavy (non-hydrogen) atoms. The molecule has 1 N–H and O–H groups in total. The molecule has 1 fully saturated rings. The van der Waals surface area contributed by atoms with Crippen molar-refractivity contribution >= 4 is 17.5 Å². The summed E-state index contributed by atoms with van der Waals surface area (Å²) in [5, 5.41) is 2.49. The summed E-state index contributed by atoms with van der Waals surface area (Å²) in [4.78, 5) is 26.8. The number of nitrogens with zero attached hydrogens (tertiary/aromatic N) is 1. The van der Waals surface area contributed by atoms with Gasteiger partial charge in [0.15, 0.2) is 11.6 Å². The van der Waals surface area contributed by atoms with Crippen LogP contribution in [0, 0.1) is 17.0 Å². The molecule has 1 saturated heterocycles. The monoisotopic (exact) mass is 324 g/mol. The summed E-state index contributed by atoms with van der Waals surface area (Å²) in [5.41, 5.74) is -1.14. The highest BCUT2D eigenvalue weighted by molar-refractivity contribution is 6.09. The number of rotatable bonds is 3. The minimum Gasteiger partial charge on any atom is -0.342 e. The van der Waals surface area contributed by atoms with E-state index in [1.54, 1.807) is 18.7 Å². The van der Waals surface area contributed by atoms with Crippen LogP contribution in [0.2, 0.25) is 0 Å². The molecule has 6 heteroatoms. The van der Waals surface area contributed by atoms with Crippen LogP contribution < -0.4 is 5.32 Å². The van der Waals surface area contributed by atoms with Crippen LogP contribution in [-0.4, -0.2) is 29.8 Å². The summed E-state index contributed by atoms with van der Waals surface area (Å²) in [6.45, 7) is 4.41. The molecule has 2 amide bonds. The zero-order valence-electron chi connectivity index (χ0n) is 13.5. The number of anilines is 1. The summed E-state index contributed by atoms with van der Waals surface area (Å²) >= 11 is 0. The quantitative estimate of drug-likeness (QED) is 0.867. The van der Waals surface area contributed by atoms with E-state index in [0.717, 1.165) is 37.8 Å². The minimum atomic E-state index is -1.27. The average molecular weight is 324 g/mol. The van der Waals surface area contributed by atoms with E-state index in [1.165, 1.54) is 6.07 Å². The molecule has 0 aliphatic carbocycles. The van der Waals surface area contributed by atoms with Crippen molar-refractivity contribution in [1.82, 2.24) is 4.90 Å². The highest BCUT2D eigenvalue weighted by atomic mass is 19.2. The van der Waals surface area contributed by atoms with Crippen LogP contribution in [0.3, 0.4) is 0 Å². The Kier molecular flexibility index (Phi) is 5.34. The van der Waals surface area contributed by atoms with Crippen molar-refractivity contribution in [3.05, 3.63) is 29.8 Å². The first-order chi connectivity index (χ1) is 10.8. The molecule has 1 aromatic rings. The predicted molar refractivity (Wildman–Crippen MR) is 83.8 cm³/mol. The van der Waals surface area contributed by atoms with Crippen LogP contribution >= 0.6 is 0 Å². The first-order valence-corrected chi connectivity index (χ1v) is 7.88. The van der Waals surface area contributed by atoms with Crippen LogP contribution in [0.1, 0.15) is 39.5 Å². The molecule has 2 rings (SSSR count). The number of likely N-dealkylation sites (tertiary alicyclic amines) is 1. The maximum Gasteiger partial charge on any atom is 0.239 e. The van der Waals surface area contributed by atoms with Crippen LogP contribution in [0.25, 0.3) is 0 Å². The Morgan fingerprint density at radius 1 is 1.04 bits per heavy atom. The van der Waals surface area contributed by atoms with Crippen molar-refractivity contribution < 1.29 is 18.4 Å². The van der Waals surface area contributed by atoms with Crippen molar-refractivity contribution in [3.63, 3.8) is 0 Å². The fourth-order valence-electron chi connectivity index (χ4n) is 2.63. The summed E-state index contributed by atoms with van der Waals surface area (Å²) in [7, 11) is 0. The molecule has 0 spiro atoms. The predicted octanol–water partition coefficient (Wildman–Crippen LogP) is 3.33. The largest absolute Gasteiger partial charge is 0.342 e. The summed E-state index contributed by atoms with van der Waals surface area (Å²) in [6.07, 6.45) is 4.05. The molecular formula is C17H22F2N2O2. The van der Waals surface area contributed by atoms with E-state index in [1.807, 2.05) is 0 Å². The van der Waals surface area contributed by atoms with Crippen molar-refractivity contribution in [2.75, 3.05) is 18.4 Å². The molecule has 1 aromatic carbocycles. The topological polar surface area (TPSA) is 49.4 Å². The molecule has 1 aliphatic heterocycles. The van der Waals surface area contributed by atoms with Crippen LogP contribution in [0.4, 0.5) is 14.5 Å². The van der Waals surface area contributed by atoms with Gasteiger partial charge in [-0.2, -0.15) is 0 Å². The number of hydrogen-bond acceptors (Lipinski definition) is 2. The molecule has 0 aromatic heterocycles. The molecule has 0 bridgehead atoms. The summed E-state index contributed by atoms with van der Waals surface area (Å²) in [5.74, 6) is -2.79. The third-order valence-corrected chi connectivity index (χ3v) is 4.17. The Bertz CT molecular complexity index is 594. The van der Waals surface area contributed by atoms with Crippen molar-refractivity contribution in [2.45, 2.75) is 39.5 Å². The second kappa shape index (κ2) is 7.06. The van der Waals surface area contributed by atoms with Gasteiger partial charge in [-0.1, -0.05) is 12.8 Å². The van der Waals surface area contributed by atoms with Crippen LogP contribution in [0.5, 0.6) is 0 Å². The Morgan fingerprint density at radius 3 is 2.22 bits per heavy atom. The number of halogens is 2. The van der Waals surface area contributed by atoms with E-state index in [2.05, 4.69) is 5.32 Å². The van der Waals surface area contributed by atoms with E-state index in [9.17, 15) is 18.4 Å². The maximum absolute atomic E-state index is 13.2. The highest BCUT2D eigenvalue weighted by Crippen LogP contribution is 2.24. The molecule has 4 nitrogen and oxygen atoms in total. The van der Waals surface area contributed by atoms with E-state index in [0.29, 0.717) is 13.1 Å². The molecule has 0 atom stereocenters. The average Bonchev–Trinajstić information content (AvgIpc) is 2.79. The number of amides is 2. The summed E-state index contributed by atoms with van der Waals surface area (Å²) < 4.78 is 26.2. The standard InChI is InChI=1S/C17H22F2N2O2/c1-17(2,16(23)21-9-5-3-4-6-10-21)15(22)20-12-7-8-13(18)14(19)11-12/h7-8,11H,3-6,9-10H2,1-2H3,(H,20,22). The van der Waals surface area contributed by atoms with E-state index >= 15 is 0 Å². The van der Waals surface area contributed by atoms with Crippen molar-refractivity contribution in [3.8, 4) is 0 Å². The van der Waals surface area contributed by atoms with Gasteiger partial charge in [-0.15, -0.1) is 0 Å². The number of benzene rings is 1. The van der Waals surface area contributed by atoms with Crippen molar-refractivity contribution in [2.24, 2.45) is 5.41 Å².